The smallest absolute Gasteiger partial charge is 0.331 e. The van der Waals surface area contributed by atoms with Gasteiger partial charge in [-0.2, -0.15) is 0 Å². The average Bonchev–Trinajstić information content (AvgIpc) is 2.70. The molecule has 0 aliphatic carbocycles. The van der Waals surface area contributed by atoms with Crippen molar-refractivity contribution in [3.05, 3.63) is 65.7 Å². The van der Waals surface area contributed by atoms with Crippen LogP contribution in [0.4, 0.5) is 0 Å². The predicted molar refractivity (Wildman–Crippen MR) is 103 cm³/mol. The van der Waals surface area contributed by atoms with Crippen LogP contribution in [-0.2, 0) is 14.3 Å². The molecule has 2 aromatic carbocycles. The van der Waals surface area contributed by atoms with Gasteiger partial charge < -0.3 is 19.1 Å². The van der Waals surface area contributed by atoms with Crippen LogP contribution >= 0.6 is 0 Å². The number of benzene rings is 2. The highest BCUT2D eigenvalue weighted by Gasteiger charge is 2.25. The van der Waals surface area contributed by atoms with Crippen molar-refractivity contribution in [2.75, 3.05) is 28.3 Å². The summed E-state index contributed by atoms with van der Waals surface area (Å²) in [4.78, 5) is 26.1. The van der Waals surface area contributed by atoms with Gasteiger partial charge in [0.1, 0.15) is 0 Å². The van der Waals surface area contributed by atoms with Crippen molar-refractivity contribution in [3.8, 4) is 11.5 Å². The lowest BCUT2D eigenvalue weighted by atomic mass is 10.1. The van der Waals surface area contributed by atoms with E-state index in [1.54, 1.807) is 69.7 Å². The van der Waals surface area contributed by atoms with Crippen LogP contribution in [0.15, 0.2) is 54.6 Å². The summed E-state index contributed by atoms with van der Waals surface area (Å²) >= 11 is 0. The Bertz CT molecular complexity index is 815. The molecule has 6 heteroatoms. The lowest BCUT2D eigenvalue weighted by Crippen LogP contribution is -2.30. The van der Waals surface area contributed by atoms with Crippen LogP contribution in [-0.4, -0.2) is 45.1 Å². The first-order valence-corrected chi connectivity index (χ1v) is 8.33. The van der Waals surface area contributed by atoms with Crippen LogP contribution in [0.5, 0.6) is 11.5 Å². The van der Waals surface area contributed by atoms with Crippen molar-refractivity contribution >= 4 is 18.0 Å². The fourth-order valence-corrected chi connectivity index (χ4v) is 2.40. The number of likely N-dealkylation sites (N-methyl/N-ethyl adjacent to an activating group) is 1. The van der Waals surface area contributed by atoms with E-state index in [1.165, 1.54) is 18.1 Å². The summed E-state index contributed by atoms with van der Waals surface area (Å²) in [7, 11) is 6.32. The van der Waals surface area contributed by atoms with Crippen molar-refractivity contribution in [1.29, 1.82) is 0 Å². The largest absolute Gasteiger partial charge is 0.493 e. The molecule has 1 amide bonds. The fourth-order valence-electron chi connectivity index (χ4n) is 2.40. The quantitative estimate of drug-likeness (QED) is 0.554. The van der Waals surface area contributed by atoms with E-state index in [9.17, 15) is 9.59 Å². The van der Waals surface area contributed by atoms with Gasteiger partial charge in [0.25, 0.3) is 5.91 Å². The highest BCUT2D eigenvalue weighted by Crippen LogP contribution is 2.28. The number of hydrogen-bond donors (Lipinski definition) is 0. The number of carbonyl (C=O) groups excluding carboxylic acids is 2. The van der Waals surface area contributed by atoms with Gasteiger partial charge in [-0.05, 0) is 23.8 Å². The predicted octanol–water partition coefficient (Wildman–Crippen LogP) is 3.09. The van der Waals surface area contributed by atoms with Crippen molar-refractivity contribution < 1.29 is 23.8 Å². The van der Waals surface area contributed by atoms with E-state index in [-0.39, 0.29) is 5.91 Å². The van der Waals surface area contributed by atoms with Crippen molar-refractivity contribution in [1.82, 2.24) is 4.90 Å². The van der Waals surface area contributed by atoms with E-state index in [2.05, 4.69) is 0 Å². The topological polar surface area (TPSA) is 65.1 Å². The van der Waals surface area contributed by atoms with E-state index in [0.717, 1.165) is 5.56 Å². The summed E-state index contributed by atoms with van der Waals surface area (Å²) in [5, 5.41) is 0. The first-order chi connectivity index (χ1) is 13.0. The van der Waals surface area contributed by atoms with E-state index in [1.807, 2.05) is 6.07 Å². The summed E-state index contributed by atoms with van der Waals surface area (Å²) in [6, 6.07) is 14.2. The Morgan fingerprint density at radius 2 is 1.63 bits per heavy atom. The summed E-state index contributed by atoms with van der Waals surface area (Å²) in [5.74, 6) is 0.221. The summed E-state index contributed by atoms with van der Waals surface area (Å²) < 4.78 is 15.8. The first kappa shape index (κ1) is 20.0. The third kappa shape index (κ3) is 5.34. The number of rotatable bonds is 7. The monoisotopic (exact) mass is 369 g/mol. The highest BCUT2D eigenvalue weighted by molar-refractivity contribution is 5.91. The first-order valence-electron chi connectivity index (χ1n) is 8.33. The molecule has 0 heterocycles. The number of carbonyl (C=O) groups is 2. The van der Waals surface area contributed by atoms with E-state index >= 15 is 0 Å². The van der Waals surface area contributed by atoms with Crippen molar-refractivity contribution in [2.45, 2.75) is 6.10 Å². The standard InChI is InChI=1S/C21H23NO5/c1-22(2)21(24)20(16-8-6-5-7-9-16)27-19(23)13-11-15-10-12-17(25-3)18(14-15)26-4/h5-14,20H,1-4H3/b13-11+/t20-/m1/s1. The number of methoxy groups -OCH3 is 2. The third-order valence-corrected chi connectivity index (χ3v) is 3.82. The maximum absolute atomic E-state index is 12.4. The SMILES string of the molecule is COc1ccc(/C=C/C(=O)O[C@@H](C(=O)N(C)C)c2ccccc2)cc1OC. The van der Waals surface area contributed by atoms with Crippen LogP contribution in [0, 0.1) is 0 Å². The molecule has 142 valence electrons. The van der Waals surface area contributed by atoms with Gasteiger partial charge in [-0.3, -0.25) is 4.79 Å². The number of hydrogen-bond acceptors (Lipinski definition) is 5. The average molecular weight is 369 g/mol. The van der Waals surface area contributed by atoms with Crippen LogP contribution in [0.3, 0.4) is 0 Å². The van der Waals surface area contributed by atoms with E-state index < -0.39 is 12.1 Å². The number of ether oxygens (including phenoxy) is 3. The van der Waals surface area contributed by atoms with E-state index in [4.69, 9.17) is 14.2 Å². The van der Waals surface area contributed by atoms with Crippen LogP contribution < -0.4 is 9.47 Å². The Morgan fingerprint density at radius 1 is 0.963 bits per heavy atom. The highest BCUT2D eigenvalue weighted by atomic mass is 16.5. The molecule has 2 aromatic rings. The maximum Gasteiger partial charge on any atom is 0.331 e. The molecule has 0 aromatic heterocycles. The molecule has 0 aliphatic heterocycles. The molecule has 0 spiro atoms. The normalized spacial score (nSPS) is 11.7. The molecule has 0 fully saturated rings. The Morgan fingerprint density at radius 3 is 2.22 bits per heavy atom. The summed E-state index contributed by atoms with van der Waals surface area (Å²) in [5.41, 5.74) is 1.35. The minimum Gasteiger partial charge on any atom is -0.493 e. The molecule has 27 heavy (non-hydrogen) atoms. The van der Waals surface area contributed by atoms with Crippen molar-refractivity contribution in [3.63, 3.8) is 0 Å². The second kappa shape index (κ2) is 9.43. The van der Waals surface area contributed by atoms with Crippen LogP contribution in [0.2, 0.25) is 0 Å². The minimum absolute atomic E-state index is 0.311. The molecule has 1 atom stereocenters. The molecule has 0 unspecified atom stereocenters. The van der Waals surface area contributed by atoms with Gasteiger partial charge >= 0.3 is 5.97 Å². The zero-order valence-electron chi connectivity index (χ0n) is 15.8. The Labute approximate surface area is 159 Å². The van der Waals surface area contributed by atoms with Gasteiger partial charge in [0.15, 0.2) is 11.5 Å². The van der Waals surface area contributed by atoms with Gasteiger partial charge in [-0.25, -0.2) is 4.79 Å². The molecular formula is C21H23NO5. The molecule has 0 saturated carbocycles. The lowest BCUT2D eigenvalue weighted by Gasteiger charge is -2.20. The Kier molecular flexibility index (Phi) is 7.00. The zero-order valence-corrected chi connectivity index (χ0v) is 15.8. The molecule has 2 rings (SSSR count). The van der Waals surface area contributed by atoms with Gasteiger partial charge in [0, 0.05) is 25.7 Å². The number of esters is 1. The summed E-state index contributed by atoms with van der Waals surface area (Å²) in [6.45, 7) is 0. The van der Waals surface area contributed by atoms with Gasteiger partial charge in [-0.15, -0.1) is 0 Å². The minimum atomic E-state index is -0.997. The fraction of sp³-hybridized carbons (Fsp3) is 0.238. The molecule has 0 saturated heterocycles. The lowest BCUT2D eigenvalue weighted by molar-refractivity contribution is -0.155. The van der Waals surface area contributed by atoms with Crippen LogP contribution in [0.25, 0.3) is 6.08 Å². The van der Waals surface area contributed by atoms with Gasteiger partial charge in [-0.1, -0.05) is 36.4 Å². The second-order valence-corrected chi connectivity index (χ2v) is 5.91. The second-order valence-electron chi connectivity index (χ2n) is 5.91. The third-order valence-electron chi connectivity index (χ3n) is 3.82. The summed E-state index contributed by atoms with van der Waals surface area (Å²) in [6.07, 6.45) is 1.87. The van der Waals surface area contributed by atoms with Crippen molar-refractivity contribution in [2.24, 2.45) is 0 Å². The van der Waals surface area contributed by atoms with Gasteiger partial charge in [0.2, 0.25) is 6.10 Å². The van der Waals surface area contributed by atoms with Crippen LogP contribution in [0.1, 0.15) is 17.2 Å². The van der Waals surface area contributed by atoms with E-state index in [0.29, 0.717) is 17.1 Å². The molecule has 0 aliphatic rings. The zero-order chi connectivity index (χ0) is 19.8. The molecule has 0 radical (unpaired) electrons. The number of amides is 1. The molecule has 6 nitrogen and oxygen atoms in total. The number of nitrogens with zero attached hydrogens (tertiary/aromatic N) is 1. The molecule has 0 N–H and O–H groups in total. The molecule has 0 bridgehead atoms. The Balaban J connectivity index is 2.16. The van der Waals surface area contributed by atoms with Gasteiger partial charge in [0.05, 0.1) is 14.2 Å². The molecular weight excluding hydrogens is 346 g/mol. The Hall–Kier alpha value is -3.28. The maximum atomic E-state index is 12.4.